The standard InChI is InChI=1S/C17H29N3O/c1-3-20(4-2)16(13-15-9-6-5-7-10-15)14-19-17(21)11-8-12-18/h5-7,9-10,16H,3-4,8,11-14,18H2,1-2H3,(H,19,21). The van der Waals surface area contributed by atoms with Crippen molar-refractivity contribution in [2.24, 2.45) is 5.73 Å². The molecule has 0 saturated carbocycles. The lowest BCUT2D eigenvalue weighted by Crippen LogP contribution is -2.45. The SMILES string of the molecule is CCN(CC)C(CNC(=O)CCCN)Cc1ccccc1. The van der Waals surface area contributed by atoms with Gasteiger partial charge in [0.2, 0.25) is 5.91 Å². The maximum absolute atomic E-state index is 11.8. The van der Waals surface area contributed by atoms with Gasteiger partial charge in [-0.3, -0.25) is 9.69 Å². The van der Waals surface area contributed by atoms with Crippen LogP contribution in [-0.4, -0.2) is 43.0 Å². The van der Waals surface area contributed by atoms with Crippen LogP contribution in [0.25, 0.3) is 0 Å². The molecule has 0 bridgehead atoms. The molecule has 1 unspecified atom stereocenters. The number of hydrogen-bond donors (Lipinski definition) is 2. The van der Waals surface area contributed by atoms with Crippen molar-refractivity contribution in [1.82, 2.24) is 10.2 Å². The minimum Gasteiger partial charge on any atom is -0.355 e. The molecule has 0 saturated heterocycles. The lowest BCUT2D eigenvalue weighted by atomic mass is 10.0. The predicted molar refractivity (Wildman–Crippen MR) is 88.2 cm³/mol. The van der Waals surface area contributed by atoms with Crippen molar-refractivity contribution in [3.8, 4) is 0 Å². The molecule has 0 heterocycles. The van der Waals surface area contributed by atoms with E-state index in [1.54, 1.807) is 0 Å². The zero-order chi connectivity index (χ0) is 15.5. The van der Waals surface area contributed by atoms with Crippen LogP contribution >= 0.6 is 0 Å². The fourth-order valence-corrected chi connectivity index (χ4v) is 2.54. The van der Waals surface area contributed by atoms with Gasteiger partial charge in [0, 0.05) is 19.0 Å². The molecule has 0 aliphatic rings. The third-order valence-corrected chi connectivity index (χ3v) is 3.79. The van der Waals surface area contributed by atoms with Gasteiger partial charge in [0.05, 0.1) is 0 Å². The summed E-state index contributed by atoms with van der Waals surface area (Å²) < 4.78 is 0. The average molecular weight is 291 g/mol. The first-order chi connectivity index (χ1) is 10.2. The Morgan fingerprint density at radius 2 is 1.90 bits per heavy atom. The third-order valence-electron chi connectivity index (χ3n) is 3.79. The molecule has 1 amide bonds. The van der Waals surface area contributed by atoms with Crippen molar-refractivity contribution in [2.45, 2.75) is 39.2 Å². The normalized spacial score (nSPS) is 12.4. The molecule has 0 fully saturated rings. The van der Waals surface area contributed by atoms with Crippen molar-refractivity contribution in [1.29, 1.82) is 0 Å². The molecule has 118 valence electrons. The third kappa shape index (κ3) is 6.74. The molecule has 0 aliphatic heterocycles. The van der Waals surface area contributed by atoms with Crippen LogP contribution < -0.4 is 11.1 Å². The molecule has 4 heteroatoms. The highest BCUT2D eigenvalue weighted by Crippen LogP contribution is 2.08. The summed E-state index contributed by atoms with van der Waals surface area (Å²) in [6.45, 7) is 7.58. The van der Waals surface area contributed by atoms with Crippen molar-refractivity contribution in [3.05, 3.63) is 35.9 Å². The molecular weight excluding hydrogens is 262 g/mol. The summed E-state index contributed by atoms with van der Waals surface area (Å²) in [5.41, 5.74) is 6.75. The average Bonchev–Trinajstić information content (AvgIpc) is 2.52. The summed E-state index contributed by atoms with van der Waals surface area (Å²) in [4.78, 5) is 14.2. The van der Waals surface area contributed by atoms with Gasteiger partial charge in [-0.2, -0.15) is 0 Å². The fraction of sp³-hybridized carbons (Fsp3) is 0.588. The molecule has 0 aromatic heterocycles. The van der Waals surface area contributed by atoms with E-state index < -0.39 is 0 Å². The monoisotopic (exact) mass is 291 g/mol. The van der Waals surface area contributed by atoms with E-state index in [-0.39, 0.29) is 5.91 Å². The number of hydrogen-bond acceptors (Lipinski definition) is 3. The lowest BCUT2D eigenvalue weighted by molar-refractivity contribution is -0.121. The molecule has 0 spiro atoms. The number of amides is 1. The maximum atomic E-state index is 11.8. The first-order valence-electron chi connectivity index (χ1n) is 7.96. The van der Waals surface area contributed by atoms with Gasteiger partial charge in [-0.15, -0.1) is 0 Å². The molecule has 4 nitrogen and oxygen atoms in total. The van der Waals surface area contributed by atoms with Crippen molar-refractivity contribution in [3.63, 3.8) is 0 Å². The van der Waals surface area contributed by atoms with E-state index >= 15 is 0 Å². The lowest BCUT2D eigenvalue weighted by Gasteiger charge is -2.30. The topological polar surface area (TPSA) is 58.4 Å². The van der Waals surface area contributed by atoms with Crippen molar-refractivity contribution in [2.75, 3.05) is 26.2 Å². The fourth-order valence-electron chi connectivity index (χ4n) is 2.54. The number of nitrogens with two attached hydrogens (primary N) is 1. The first kappa shape index (κ1) is 17.7. The molecule has 0 radical (unpaired) electrons. The highest BCUT2D eigenvalue weighted by atomic mass is 16.1. The van der Waals surface area contributed by atoms with Gasteiger partial charge < -0.3 is 11.1 Å². The molecule has 1 aromatic carbocycles. The van der Waals surface area contributed by atoms with Crippen LogP contribution in [-0.2, 0) is 11.2 Å². The number of rotatable bonds is 10. The van der Waals surface area contributed by atoms with Crippen LogP contribution in [0.15, 0.2) is 30.3 Å². The molecule has 3 N–H and O–H groups in total. The van der Waals surface area contributed by atoms with E-state index in [2.05, 4.69) is 48.3 Å². The zero-order valence-corrected chi connectivity index (χ0v) is 13.3. The van der Waals surface area contributed by atoms with Gasteiger partial charge in [-0.05, 0) is 38.0 Å². The van der Waals surface area contributed by atoms with Crippen LogP contribution in [0.3, 0.4) is 0 Å². The first-order valence-corrected chi connectivity index (χ1v) is 7.96. The number of nitrogens with one attached hydrogen (secondary N) is 1. The Morgan fingerprint density at radius 1 is 1.24 bits per heavy atom. The Bertz CT molecular complexity index is 390. The summed E-state index contributed by atoms with van der Waals surface area (Å²) in [5, 5.41) is 3.05. The van der Waals surface area contributed by atoms with Gasteiger partial charge in [0.1, 0.15) is 0 Å². The molecule has 0 aliphatic carbocycles. The minimum atomic E-state index is 0.102. The van der Waals surface area contributed by atoms with E-state index in [9.17, 15) is 4.79 Å². The quantitative estimate of drug-likeness (QED) is 0.691. The summed E-state index contributed by atoms with van der Waals surface area (Å²) in [6.07, 6.45) is 2.23. The highest BCUT2D eigenvalue weighted by Gasteiger charge is 2.17. The predicted octanol–water partition coefficient (Wildman–Crippen LogP) is 1.79. The Morgan fingerprint density at radius 3 is 2.48 bits per heavy atom. The largest absolute Gasteiger partial charge is 0.355 e. The highest BCUT2D eigenvalue weighted by molar-refractivity contribution is 5.75. The summed E-state index contributed by atoms with van der Waals surface area (Å²) in [6, 6.07) is 10.8. The number of nitrogens with zero attached hydrogens (tertiary/aromatic N) is 1. The molecule has 1 aromatic rings. The minimum absolute atomic E-state index is 0.102. The van der Waals surface area contributed by atoms with Crippen molar-refractivity contribution < 1.29 is 4.79 Å². The second-order valence-electron chi connectivity index (χ2n) is 5.26. The summed E-state index contributed by atoms with van der Waals surface area (Å²) in [5.74, 6) is 0.102. The number of likely N-dealkylation sites (N-methyl/N-ethyl adjacent to an activating group) is 1. The maximum Gasteiger partial charge on any atom is 0.220 e. The molecular formula is C17H29N3O. The van der Waals surface area contributed by atoms with Gasteiger partial charge in [0.15, 0.2) is 0 Å². The smallest absolute Gasteiger partial charge is 0.220 e. The second kappa shape index (κ2) is 10.4. The van der Waals surface area contributed by atoms with E-state index in [0.717, 1.165) is 25.9 Å². The van der Waals surface area contributed by atoms with Gasteiger partial charge >= 0.3 is 0 Å². The van der Waals surface area contributed by atoms with E-state index in [1.165, 1.54) is 5.56 Å². The van der Waals surface area contributed by atoms with E-state index in [0.29, 0.717) is 25.6 Å². The van der Waals surface area contributed by atoms with Gasteiger partial charge in [0.25, 0.3) is 0 Å². The second-order valence-corrected chi connectivity index (χ2v) is 5.26. The number of carbonyl (C=O) groups excluding carboxylic acids is 1. The number of benzene rings is 1. The van der Waals surface area contributed by atoms with E-state index in [1.807, 2.05) is 6.07 Å². The Labute approximate surface area is 128 Å². The summed E-state index contributed by atoms with van der Waals surface area (Å²) in [7, 11) is 0. The van der Waals surface area contributed by atoms with Gasteiger partial charge in [-0.1, -0.05) is 44.2 Å². The van der Waals surface area contributed by atoms with Crippen LogP contribution in [0.1, 0.15) is 32.3 Å². The van der Waals surface area contributed by atoms with Crippen LogP contribution in [0.4, 0.5) is 0 Å². The number of carbonyl (C=O) groups is 1. The molecule has 21 heavy (non-hydrogen) atoms. The van der Waals surface area contributed by atoms with Crippen LogP contribution in [0.2, 0.25) is 0 Å². The van der Waals surface area contributed by atoms with Crippen molar-refractivity contribution >= 4 is 5.91 Å². The molecule has 1 atom stereocenters. The summed E-state index contributed by atoms with van der Waals surface area (Å²) >= 11 is 0. The van der Waals surface area contributed by atoms with Crippen LogP contribution in [0, 0.1) is 0 Å². The van der Waals surface area contributed by atoms with E-state index in [4.69, 9.17) is 5.73 Å². The van der Waals surface area contributed by atoms with Gasteiger partial charge in [-0.25, -0.2) is 0 Å². The Balaban J connectivity index is 2.58. The zero-order valence-electron chi connectivity index (χ0n) is 13.3. The molecule has 1 rings (SSSR count). The van der Waals surface area contributed by atoms with Crippen LogP contribution in [0.5, 0.6) is 0 Å². The Hall–Kier alpha value is -1.39. The Kier molecular flexibility index (Phi) is 8.71.